The van der Waals surface area contributed by atoms with Crippen molar-refractivity contribution in [2.75, 3.05) is 32.7 Å². The van der Waals surface area contributed by atoms with Gasteiger partial charge in [-0.3, -0.25) is 9.59 Å². The molecule has 1 fully saturated rings. The van der Waals surface area contributed by atoms with Crippen molar-refractivity contribution in [3.8, 4) is 11.1 Å². The van der Waals surface area contributed by atoms with E-state index in [1.165, 1.54) is 29.9 Å². The van der Waals surface area contributed by atoms with Gasteiger partial charge in [-0.05, 0) is 96.4 Å². The van der Waals surface area contributed by atoms with Crippen LogP contribution in [0.5, 0.6) is 0 Å². The van der Waals surface area contributed by atoms with E-state index in [4.69, 9.17) is 0 Å². The molecule has 212 valence electrons. The van der Waals surface area contributed by atoms with Crippen LogP contribution in [0, 0.1) is 5.82 Å². The summed E-state index contributed by atoms with van der Waals surface area (Å²) in [7, 11) is 0. The third-order valence-electron chi connectivity index (χ3n) is 7.48. The van der Waals surface area contributed by atoms with Gasteiger partial charge in [0.1, 0.15) is 5.82 Å². The van der Waals surface area contributed by atoms with E-state index >= 15 is 0 Å². The Labute approximate surface area is 245 Å². The van der Waals surface area contributed by atoms with Gasteiger partial charge in [-0.25, -0.2) is 4.39 Å². The van der Waals surface area contributed by atoms with Gasteiger partial charge in [0.15, 0.2) is 0 Å². The van der Waals surface area contributed by atoms with Crippen LogP contribution in [-0.4, -0.2) is 54.3 Å². The third-order valence-corrected chi connectivity index (χ3v) is 8.41. The molecule has 41 heavy (non-hydrogen) atoms. The highest BCUT2D eigenvalue weighted by atomic mass is 32.1. The predicted octanol–water partition coefficient (Wildman–Crippen LogP) is 6.19. The van der Waals surface area contributed by atoms with E-state index < -0.39 is 0 Å². The topological polar surface area (TPSA) is 52.7 Å². The molecule has 0 unspecified atom stereocenters. The highest BCUT2D eigenvalue weighted by molar-refractivity contribution is 7.09. The minimum Gasteiger partial charge on any atom is -0.351 e. The first-order valence-electron chi connectivity index (χ1n) is 14.3. The van der Waals surface area contributed by atoms with E-state index in [1.54, 1.807) is 23.5 Å². The normalized spacial score (nSPS) is 13.3. The third kappa shape index (κ3) is 8.35. The van der Waals surface area contributed by atoms with Crippen molar-refractivity contribution in [2.45, 2.75) is 32.2 Å². The van der Waals surface area contributed by atoms with Crippen LogP contribution in [0.15, 0.2) is 90.3 Å². The molecule has 2 amide bonds. The first-order chi connectivity index (χ1) is 20.0. The molecular formula is C34H36FN3O2S. The van der Waals surface area contributed by atoms with Crippen LogP contribution >= 0.6 is 11.3 Å². The van der Waals surface area contributed by atoms with Gasteiger partial charge in [0.2, 0.25) is 5.91 Å². The summed E-state index contributed by atoms with van der Waals surface area (Å²) in [5, 5.41) is 5.10. The van der Waals surface area contributed by atoms with Crippen molar-refractivity contribution < 1.29 is 14.0 Å². The predicted molar refractivity (Wildman–Crippen MR) is 163 cm³/mol. The Morgan fingerprint density at radius 1 is 0.878 bits per heavy atom. The average Bonchev–Trinajstić information content (AvgIpc) is 3.70. The quantitative estimate of drug-likeness (QED) is 0.221. The van der Waals surface area contributed by atoms with E-state index in [0.29, 0.717) is 30.8 Å². The SMILES string of the molecule is O=C(NCCN1CCCC1)c1cccc(-c2cccc(CN(CCc3cccs3)C(=O)Cc3cccc(F)c3)c2)c1. The smallest absolute Gasteiger partial charge is 0.251 e. The molecule has 4 aromatic rings. The molecule has 0 bridgehead atoms. The zero-order valence-corrected chi connectivity index (χ0v) is 24.0. The van der Waals surface area contributed by atoms with Crippen LogP contribution in [0.2, 0.25) is 0 Å². The molecule has 0 atom stereocenters. The van der Waals surface area contributed by atoms with Crippen molar-refractivity contribution in [3.05, 3.63) is 118 Å². The van der Waals surface area contributed by atoms with E-state index in [9.17, 15) is 14.0 Å². The Kier molecular flexibility index (Phi) is 9.94. The molecule has 1 saturated heterocycles. The number of rotatable bonds is 12. The molecule has 0 spiro atoms. The summed E-state index contributed by atoms with van der Waals surface area (Å²) in [4.78, 5) is 31.7. The summed E-state index contributed by atoms with van der Waals surface area (Å²) in [5.41, 5.74) is 4.25. The fraction of sp³-hybridized carbons (Fsp3) is 0.294. The Hall–Kier alpha value is -3.81. The highest BCUT2D eigenvalue weighted by Crippen LogP contribution is 2.23. The van der Waals surface area contributed by atoms with Gasteiger partial charge in [-0.2, -0.15) is 0 Å². The molecule has 1 aliphatic heterocycles. The number of likely N-dealkylation sites (tertiary alicyclic amines) is 1. The van der Waals surface area contributed by atoms with Gasteiger partial charge in [0.25, 0.3) is 5.91 Å². The highest BCUT2D eigenvalue weighted by Gasteiger charge is 2.17. The number of carbonyl (C=O) groups is 2. The average molecular weight is 570 g/mol. The molecule has 0 radical (unpaired) electrons. The van der Waals surface area contributed by atoms with Gasteiger partial charge in [0, 0.05) is 36.6 Å². The Morgan fingerprint density at radius 2 is 1.63 bits per heavy atom. The maximum absolute atomic E-state index is 13.8. The fourth-order valence-electron chi connectivity index (χ4n) is 5.27. The second kappa shape index (κ2) is 14.2. The largest absolute Gasteiger partial charge is 0.351 e. The van der Waals surface area contributed by atoms with Crippen molar-refractivity contribution in [3.63, 3.8) is 0 Å². The maximum atomic E-state index is 13.8. The Morgan fingerprint density at radius 3 is 2.41 bits per heavy atom. The number of hydrogen-bond donors (Lipinski definition) is 1. The number of carbonyl (C=O) groups excluding carboxylic acids is 2. The van der Waals surface area contributed by atoms with Crippen molar-refractivity contribution in [1.29, 1.82) is 0 Å². The van der Waals surface area contributed by atoms with Gasteiger partial charge in [-0.15, -0.1) is 11.3 Å². The molecular weight excluding hydrogens is 533 g/mol. The van der Waals surface area contributed by atoms with E-state index in [1.807, 2.05) is 58.8 Å². The summed E-state index contributed by atoms with van der Waals surface area (Å²) < 4.78 is 13.8. The Bertz CT molecular complexity index is 1450. The minimum absolute atomic E-state index is 0.0369. The van der Waals surface area contributed by atoms with Gasteiger partial charge in [-0.1, -0.05) is 48.5 Å². The van der Waals surface area contributed by atoms with Crippen LogP contribution in [0.4, 0.5) is 4.39 Å². The lowest BCUT2D eigenvalue weighted by Crippen LogP contribution is -2.33. The molecule has 1 N–H and O–H groups in total. The molecule has 5 rings (SSSR count). The lowest BCUT2D eigenvalue weighted by Gasteiger charge is -2.23. The van der Waals surface area contributed by atoms with Crippen LogP contribution in [-0.2, 0) is 24.2 Å². The summed E-state index contributed by atoms with van der Waals surface area (Å²) in [6.07, 6.45) is 3.39. The number of thiophene rings is 1. The summed E-state index contributed by atoms with van der Waals surface area (Å²) in [5.74, 6) is -0.439. The number of amides is 2. The van der Waals surface area contributed by atoms with E-state index in [2.05, 4.69) is 22.3 Å². The number of nitrogens with zero attached hydrogens (tertiary/aromatic N) is 2. The summed E-state index contributed by atoms with van der Waals surface area (Å²) >= 11 is 1.68. The van der Waals surface area contributed by atoms with Crippen LogP contribution in [0.25, 0.3) is 11.1 Å². The molecule has 3 aromatic carbocycles. The first kappa shape index (κ1) is 28.7. The van der Waals surface area contributed by atoms with Crippen molar-refractivity contribution in [1.82, 2.24) is 15.1 Å². The standard InChI is InChI=1S/C34H36FN3O2S/c35-31-12-4-7-26(22-31)23-33(39)38(18-14-32-13-6-20-41-32)25-27-8-3-9-28(21-27)29-10-5-11-30(24-29)34(40)36-15-19-37-16-1-2-17-37/h3-13,20-22,24H,1-2,14-19,23,25H2,(H,36,40). The number of nitrogens with one attached hydrogen (secondary N) is 1. The molecule has 7 heteroatoms. The molecule has 1 aromatic heterocycles. The van der Waals surface area contributed by atoms with Crippen LogP contribution < -0.4 is 5.32 Å². The second-order valence-corrected chi connectivity index (χ2v) is 11.6. The minimum atomic E-state index is -0.337. The van der Waals surface area contributed by atoms with E-state index in [0.717, 1.165) is 42.7 Å². The second-order valence-electron chi connectivity index (χ2n) is 10.5. The zero-order chi connectivity index (χ0) is 28.4. The lowest BCUT2D eigenvalue weighted by molar-refractivity contribution is -0.131. The number of halogens is 1. The maximum Gasteiger partial charge on any atom is 0.251 e. The van der Waals surface area contributed by atoms with Gasteiger partial charge in [0.05, 0.1) is 6.42 Å². The van der Waals surface area contributed by atoms with Crippen LogP contribution in [0.1, 0.15) is 39.2 Å². The fourth-order valence-corrected chi connectivity index (χ4v) is 5.97. The molecule has 0 saturated carbocycles. The molecule has 1 aliphatic rings. The first-order valence-corrected chi connectivity index (χ1v) is 15.2. The van der Waals surface area contributed by atoms with Crippen LogP contribution in [0.3, 0.4) is 0 Å². The van der Waals surface area contributed by atoms with E-state index in [-0.39, 0.29) is 24.1 Å². The Balaban J connectivity index is 1.27. The molecule has 0 aliphatic carbocycles. The summed E-state index contributed by atoms with van der Waals surface area (Å²) in [6, 6.07) is 26.1. The van der Waals surface area contributed by atoms with Gasteiger partial charge >= 0.3 is 0 Å². The van der Waals surface area contributed by atoms with Gasteiger partial charge < -0.3 is 15.1 Å². The summed E-state index contributed by atoms with van der Waals surface area (Å²) in [6.45, 7) is 4.78. The molecule has 2 heterocycles. The molecule has 5 nitrogen and oxygen atoms in total. The zero-order valence-electron chi connectivity index (χ0n) is 23.2. The number of benzene rings is 3. The number of hydrogen-bond acceptors (Lipinski definition) is 4. The monoisotopic (exact) mass is 569 g/mol. The van der Waals surface area contributed by atoms with Crippen molar-refractivity contribution in [2.24, 2.45) is 0 Å². The lowest BCUT2D eigenvalue weighted by atomic mass is 10.0. The van der Waals surface area contributed by atoms with Crippen molar-refractivity contribution >= 4 is 23.2 Å².